The van der Waals surface area contributed by atoms with Crippen molar-refractivity contribution in [2.45, 2.75) is 19.0 Å². The maximum Gasteiger partial charge on any atom is 0.261 e. The van der Waals surface area contributed by atoms with Gasteiger partial charge in [0.15, 0.2) is 5.16 Å². The number of rotatable bonds is 8. The second kappa shape index (κ2) is 8.78. The van der Waals surface area contributed by atoms with Crippen molar-refractivity contribution >= 4 is 41.0 Å². The van der Waals surface area contributed by atoms with Crippen molar-refractivity contribution in [1.29, 1.82) is 0 Å². The second-order valence-corrected chi connectivity index (χ2v) is 6.45. The van der Waals surface area contributed by atoms with E-state index in [0.717, 1.165) is 17.8 Å². The van der Waals surface area contributed by atoms with Crippen molar-refractivity contribution in [3.63, 3.8) is 0 Å². The van der Waals surface area contributed by atoms with Gasteiger partial charge in [-0.1, -0.05) is 11.8 Å². The van der Waals surface area contributed by atoms with Crippen LogP contribution in [0, 0.1) is 11.6 Å². The Morgan fingerprint density at radius 1 is 1.14 bits per heavy atom. The molecular formula is C16H18F2N8OS. The summed E-state index contributed by atoms with van der Waals surface area (Å²) in [6.45, 7) is 5.11. The Kier molecular flexibility index (Phi) is 6.19. The van der Waals surface area contributed by atoms with Crippen LogP contribution in [0.15, 0.2) is 23.4 Å². The van der Waals surface area contributed by atoms with E-state index in [0.29, 0.717) is 42.0 Å². The lowest BCUT2D eigenvalue weighted by Crippen LogP contribution is -2.16. The highest BCUT2D eigenvalue weighted by atomic mass is 32.2. The number of thioether (sulfide) groups is 1. The molecule has 0 aliphatic carbocycles. The molecule has 1 amide bonds. The van der Waals surface area contributed by atoms with E-state index in [4.69, 9.17) is 0 Å². The fraction of sp³-hybridized carbons (Fsp3) is 0.312. The van der Waals surface area contributed by atoms with Crippen molar-refractivity contribution in [3.05, 3.63) is 29.8 Å². The third-order valence-corrected chi connectivity index (χ3v) is 4.38. The van der Waals surface area contributed by atoms with Gasteiger partial charge < -0.3 is 16.0 Å². The number of amides is 1. The van der Waals surface area contributed by atoms with Gasteiger partial charge in [-0.15, -0.1) is 10.2 Å². The zero-order valence-corrected chi connectivity index (χ0v) is 16.0. The van der Waals surface area contributed by atoms with E-state index in [-0.39, 0.29) is 11.4 Å². The lowest BCUT2D eigenvalue weighted by atomic mass is 10.3. The highest BCUT2D eigenvalue weighted by Gasteiger charge is 2.16. The number of carbonyl (C=O) groups excluding carboxylic acids is 1. The van der Waals surface area contributed by atoms with Crippen LogP contribution in [-0.4, -0.2) is 49.3 Å². The van der Waals surface area contributed by atoms with E-state index < -0.39 is 17.5 Å². The van der Waals surface area contributed by atoms with Crippen molar-refractivity contribution in [1.82, 2.24) is 24.6 Å². The Balaban J connectivity index is 1.75. The summed E-state index contributed by atoms with van der Waals surface area (Å²) in [5, 5.41) is 17.0. The number of benzene rings is 1. The lowest BCUT2D eigenvalue weighted by molar-refractivity contribution is -0.113. The number of hydrogen-bond donors (Lipinski definition) is 3. The molecule has 12 heteroatoms. The van der Waals surface area contributed by atoms with Gasteiger partial charge in [-0.05, 0) is 26.0 Å². The fourth-order valence-electron chi connectivity index (χ4n) is 2.30. The van der Waals surface area contributed by atoms with Crippen molar-refractivity contribution in [2.24, 2.45) is 0 Å². The van der Waals surface area contributed by atoms with Crippen molar-refractivity contribution in [3.8, 4) is 0 Å². The van der Waals surface area contributed by atoms with Crippen molar-refractivity contribution < 1.29 is 13.6 Å². The normalized spacial score (nSPS) is 10.9. The Morgan fingerprint density at radius 3 is 2.64 bits per heavy atom. The molecule has 0 fully saturated rings. The second-order valence-electron chi connectivity index (χ2n) is 5.51. The summed E-state index contributed by atoms with van der Waals surface area (Å²) < 4.78 is 28.2. The predicted octanol–water partition coefficient (Wildman–Crippen LogP) is 2.39. The first-order valence-electron chi connectivity index (χ1n) is 8.50. The molecule has 0 radical (unpaired) electrons. The topological polar surface area (TPSA) is 109 Å². The van der Waals surface area contributed by atoms with Crippen LogP contribution < -0.4 is 16.0 Å². The Bertz CT molecular complexity index is 996. The Labute approximate surface area is 163 Å². The van der Waals surface area contributed by atoms with Crippen LogP contribution in [0.5, 0.6) is 0 Å². The number of fused-ring (bicyclic) bond motifs is 1. The van der Waals surface area contributed by atoms with Crippen LogP contribution in [0.3, 0.4) is 0 Å². The van der Waals surface area contributed by atoms with E-state index in [9.17, 15) is 13.6 Å². The number of nitrogens with one attached hydrogen (secondary N) is 3. The Hall–Kier alpha value is -3.02. The minimum atomic E-state index is -0.843. The molecule has 2 heterocycles. The zero-order chi connectivity index (χ0) is 20.1. The quantitative estimate of drug-likeness (QED) is 0.488. The number of hydrogen-bond acceptors (Lipinski definition) is 8. The summed E-state index contributed by atoms with van der Waals surface area (Å²) in [5.74, 6) is -0.854. The molecule has 0 bridgehead atoms. The Morgan fingerprint density at radius 2 is 1.93 bits per heavy atom. The molecule has 3 aromatic rings. The number of carbonyl (C=O) groups is 1. The van der Waals surface area contributed by atoms with Crippen LogP contribution in [-0.2, 0) is 4.79 Å². The molecule has 3 rings (SSSR count). The first-order chi connectivity index (χ1) is 13.5. The van der Waals surface area contributed by atoms with E-state index in [1.807, 2.05) is 13.8 Å². The molecule has 2 aromatic heterocycles. The standard InChI is InChI=1S/C16H18F2N8OS/c1-3-19-13-22-14(20-4-2)26-15(23-13)24-25-16(26)28-8-12(27)21-11-6-5-9(17)7-10(11)18/h5-7H,3-4,8H2,1-2H3,(H,21,27)(H2,19,20,22,23,24). The highest BCUT2D eigenvalue weighted by Crippen LogP contribution is 2.22. The third kappa shape index (κ3) is 4.44. The molecule has 0 atom stereocenters. The summed E-state index contributed by atoms with van der Waals surface area (Å²) in [4.78, 5) is 20.8. The van der Waals surface area contributed by atoms with E-state index in [2.05, 4.69) is 36.1 Å². The summed E-state index contributed by atoms with van der Waals surface area (Å²) in [7, 11) is 0. The molecule has 0 saturated carbocycles. The van der Waals surface area contributed by atoms with Gasteiger partial charge in [-0.2, -0.15) is 9.97 Å². The van der Waals surface area contributed by atoms with Gasteiger partial charge in [-0.3, -0.25) is 4.79 Å². The van der Waals surface area contributed by atoms with Gasteiger partial charge in [0, 0.05) is 19.2 Å². The third-order valence-electron chi connectivity index (χ3n) is 3.45. The monoisotopic (exact) mass is 408 g/mol. The number of nitrogens with zero attached hydrogens (tertiary/aromatic N) is 5. The largest absolute Gasteiger partial charge is 0.355 e. The maximum atomic E-state index is 13.7. The molecule has 1 aromatic carbocycles. The molecule has 0 unspecified atom stereocenters. The van der Waals surface area contributed by atoms with Crippen LogP contribution in [0.1, 0.15) is 13.8 Å². The molecule has 0 saturated heterocycles. The lowest BCUT2D eigenvalue weighted by Gasteiger charge is -2.10. The van der Waals surface area contributed by atoms with Crippen molar-refractivity contribution in [2.75, 3.05) is 34.8 Å². The van der Waals surface area contributed by atoms with Gasteiger partial charge in [-0.25, -0.2) is 13.2 Å². The molecule has 3 N–H and O–H groups in total. The number of halogens is 2. The summed E-state index contributed by atoms with van der Waals surface area (Å²) in [6.07, 6.45) is 0. The van der Waals surface area contributed by atoms with E-state index in [1.165, 1.54) is 6.07 Å². The first-order valence-corrected chi connectivity index (χ1v) is 9.49. The predicted molar refractivity (Wildman–Crippen MR) is 103 cm³/mol. The smallest absolute Gasteiger partial charge is 0.261 e. The molecule has 0 aliphatic heterocycles. The summed E-state index contributed by atoms with van der Waals surface area (Å²) >= 11 is 1.09. The zero-order valence-electron chi connectivity index (χ0n) is 15.2. The molecule has 28 heavy (non-hydrogen) atoms. The van der Waals surface area contributed by atoms with Crippen LogP contribution in [0.25, 0.3) is 5.78 Å². The molecular weight excluding hydrogens is 390 g/mol. The molecule has 148 valence electrons. The fourth-order valence-corrected chi connectivity index (χ4v) is 3.03. The average molecular weight is 408 g/mol. The van der Waals surface area contributed by atoms with E-state index in [1.54, 1.807) is 4.40 Å². The van der Waals surface area contributed by atoms with Gasteiger partial charge in [0.2, 0.25) is 17.8 Å². The molecule has 9 nitrogen and oxygen atoms in total. The number of anilines is 3. The molecule has 0 aliphatic rings. The maximum absolute atomic E-state index is 13.7. The van der Waals surface area contributed by atoms with E-state index >= 15 is 0 Å². The molecule has 0 spiro atoms. The summed E-state index contributed by atoms with van der Waals surface area (Å²) in [5.41, 5.74) is -0.0925. The first kappa shape index (κ1) is 19.7. The summed E-state index contributed by atoms with van der Waals surface area (Å²) in [6, 6.07) is 2.94. The van der Waals surface area contributed by atoms with Gasteiger partial charge in [0.25, 0.3) is 5.78 Å². The minimum Gasteiger partial charge on any atom is -0.355 e. The van der Waals surface area contributed by atoms with Gasteiger partial charge in [0.1, 0.15) is 11.6 Å². The average Bonchev–Trinajstić information content (AvgIpc) is 3.06. The van der Waals surface area contributed by atoms with Gasteiger partial charge in [0.05, 0.1) is 11.4 Å². The van der Waals surface area contributed by atoms with Gasteiger partial charge >= 0.3 is 0 Å². The highest BCUT2D eigenvalue weighted by molar-refractivity contribution is 7.99. The van der Waals surface area contributed by atoms with Crippen LogP contribution >= 0.6 is 11.8 Å². The van der Waals surface area contributed by atoms with Crippen LogP contribution in [0.4, 0.5) is 26.4 Å². The SMILES string of the molecule is CCNc1nc(NCC)n2c(SCC(=O)Nc3ccc(F)cc3F)nnc2n1. The minimum absolute atomic E-state index is 0.0574. The number of aromatic nitrogens is 5. The van der Waals surface area contributed by atoms with Crippen LogP contribution in [0.2, 0.25) is 0 Å².